The first-order chi connectivity index (χ1) is 12.0. The fourth-order valence-corrected chi connectivity index (χ4v) is 3.07. The fourth-order valence-electron chi connectivity index (χ4n) is 2.31. The lowest BCUT2D eigenvalue weighted by Gasteiger charge is -2.11. The van der Waals surface area contributed by atoms with E-state index in [1.807, 2.05) is 28.8 Å². The molecular weight excluding hydrogens is 336 g/mol. The van der Waals surface area contributed by atoms with Gasteiger partial charge in [0.1, 0.15) is 0 Å². The molecule has 0 bridgehead atoms. The molecule has 128 valence electrons. The predicted octanol–water partition coefficient (Wildman–Crippen LogP) is 2.77. The van der Waals surface area contributed by atoms with Crippen molar-refractivity contribution in [1.82, 2.24) is 14.3 Å². The quantitative estimate of drug-likeness (QED) is 0.716. The van der Waals surface area contributed by atoms with Crippen LogP contribution in [0.3, 0.4) is 0 Å². The van der Waals surface area contributed by atoms with Crippen LogP contribution in [0.5, 0.6) is 0 Å². The highest BCUT2D eigenvalue weighted by molar-refractivity contribution is 7.99. The van der Waals surface area contributed by atoms with Gasteiger partial charge < -0.3 is 10.2 Å². The van der Waals surface area contributed by atoms with E-state index in [2.05, 4.69) is 10.3 Å². The van der Waals surface area contributed by atoms with Crippen LogP contribution in [0, 0.1) is 0 Å². The Balaban J connectivity index is 1.58. The van der Waals surface area contributed by atoms with Crippen molar-refractivity contribution in [2.75, 3.05) is 25.2 Å². The summed E-state index contributed by atoms with van der Waals surface area (Å²) in [4.78, 5) is 29.8. The molecule has 25 heavy (non-hydrogen) atoms. The molecule has 0 radical (unpaired) electrons. The van der Waals surface area contributed by atoms with E-state index >= 15 is 0 Å². The number of hydrogen-bond acceptors (Lipinski definition) is 4. The van der Waals surface area contributed by atoms with E-state index in [0.29, 0.717) is 11.3 Å². The number of imidazole rings is 1. The molecule has 0 fully saturated rings. The minimum absolute atomic E-state index is 0.0698. The molecular formula is C18H18N4O2S. The van der Waals surface area contributed by atoms with Crippen molar-refractivity contribution in [1.29, 1.82) is 0 Å². The Labute approximate surface area is 149 Å². The molecule has 3 aromatic rings. The molecule has 0 saturated heterocycles. The number of carbonyl (C=O) groups is 2. The second kappa shape index (κ2) is 7.40. The monoisotopic (exact) mass is 354 g/mol. The lowest BCUT2D eigenvalue weighted by Crippen LogP contribution is -2.21. The molecule has 6 nitrogen and oxygen atoms in total. The van der Waals surface area contributed by atoms with Crippen LogP contribution in [-0.2, 0) is 4.79 Å². The first-order valence-electron chi connectivity index (χ1n) is 7.71. The molecule has 0 atom stereocenters. The van der Waals surface area contributed by atoms with Crippen LogP contribution in [0.25, 0.3) is 5.52 Å². The van der Waals surface area contributed by atoms with Crippen LogP contribution in [0.4, 0.5) is 5.69 Å². The molecule has 2 amide bonds. The zero-order chi connectivity index (χ0) is 17.8. The summed E-state index contributed by atoms with van der Waals surface area (Å²) in [7, 11) is 3.41. The minimum Gasteiger partial charge on any atom is -0.345 e. The van der Waals surface area contributed by atoms with Crippen molar-refractivity contribution < 1.29 is 9.59 Å². The maximum absolute atomic E-state index is 12.1. The van der Waals surface area contributed by atoms with Crippen LogP contribution in [0.2, 0.25) is 0 Å². The van der Waals surface area contributed by atoms with E-state index in [-0.39, 0.29) is 17.6 Å². The van der Waals surface area contributed by atoms with Gasteiger partial charge in [0.05, 0.1) is 17.5 Å². The molecule has 0 aliphatic carbocycles. The summed E-state index contributed by atoms with van der Waals surface area (Å²) in [5, 5.41) is 3.60. The van der Waals surface area contributed by atoms with Gasteiger partial charge in [-0.3, -0.25) is 14.0 Å². The first kappa shape index (κ1) is 17.0. The SMILES string of the molecule is CN(C)C(=O)c1ccc(NC(=O)CSc2ncc3ccccn23)cc1. The number of nitrogens with one attached hydrogen (secondary N) is 1. The maximum Gasteiger partial charge on any atom is 0.253 e. The largest absolute Gasteiger partial charge is 0.345 e. The standard InChI is InChI=1S/C18H18N4O2S/c1-21(2)17(24)13-6-8-14(9-7-13)20-16(23)12-25-18-19-11-15-5-3-4-10-22(15)18/h3-11H,12H2,1-2H3,(H,20,23). The van der Waals surface area contributed by atoms with Gasteiger partial charge in [-0.2, -0.15) is 0 Å². The number of aromatic nitrogens is 2. The second-order valence-electron chi connectivity index (χ2n) is 5.65. The topological polar surface area (TPSA) is 66.7 Å². The average molecular weight is 354 g/mol. The molecule has 7 heteroatoms. The Hall–Kier alpha value is -2.80. The molecule has 1 aromatic carbocycles. The zero-order valence-corrected chi connectivity index (χ0v) is 14.8. The number of amides is 2. The number of pyridine rings is 1. The van der Waals surface area contributed by atoms with Crippen molar-refractivity contribution in [3.05, 3.63) is 60.4 Å². The van der Waals surface area contributed by atoms with Gasteiger partial charge in [0.2, 0.25) is 5.91 Å². The van der Waals surface area contributed by atoms with Crippen molar-refractivity contribution in [3.63, 3.8) is 0 Å². The summed E-state index contributed by atoms with van der Waals surface area (Å²) in [6.45, 7) is 0. The van der Waals surface area contributed by atoms with Crippen LogP contribution >= 0.6 is 11.8 Å². The van der Waals surface area contributed by atoms with E-state index in [9.17, 15) is 9.59 Å². The van der Waals surface area contributed by atoms with E-state index in [1.54, 1.807) is 44.6 Å². The predicted molar refractivity (Wildman–Crippen MR) is 99.0 cm³/mol. The third-order valence-electron chi connectivity index (χ3n) is 3.56. The Bertz CT molecular complexity index is 903. The van der Waals surface area contributed by atoms with Gasteiger partial charge in [-0.1, -0.05) is 17.8 Å². The highest BCUT2D eigenvalue weighted by atomic mass is 32.2. The van der Waals surface area contributed by atoms with Gasteiger partial charge in [0, 0.05) is 31.5 Å². The lowest BCUT2D eigenvalue weighted by atomic mass is 10.2. The Morgan fingerprint density at radius 1 is 1.16 bits per heavy atom. The van der Waals surface area contributed by atoms with Crippen LogP contribution in [0.1, 0.15) is 10.4 Å². The maximum atomic E-state index is 12.1. The molecule has 3 rings (SSSR count). The third kappa shape index (κ3) is 4.00. The van der Waals surface area contributed by atoms with E-state index in [0.717, 1.165) is 10.7 Å². The second-order valence-corrected chi connectivity index (χ2v) is 6.59. The van der Waals surface area contributed by atoms with Crippen LogP contribution < -0.4 is 5.32 Å². The normalized spacial score (nSPS) is 10.6. The van der Waals surface area contributed by atoms with Gasteiger partial charge >= 0.3 is 0 Å². The molecule has 2 heterocycles. The van der Waals surface area contributed by atoms with Crippen LogP contribution in [-0.4, -0.2) is 45.9 Å². The van der Waals surface area contributed by atoms with Crippen molar-refractivity contribution in [2.24, 2.45) is 0 Å². The number of hydrogen-bond donors (Lipinski definition) is 1. The molecule has 0 saturated carbocycles. The fraction of sp³-hybridized carbons (Fsp3) is 0.167. The highest BCUT2D eigenvalue weighted by Crippen LogP contribution is 2.19. The number of nitrogens with zero attached hydrogens (tertiary/aromatic N) is 3. The Kier molecular flexibility index (Phi) is 5.04. The van der Waals surface area contributed by atoms with E-state index in [4.69, 9.17) is 0 Å². The summed E-state index contributed by atoms with van der Waals surface area (Å²) in [6.07, 6.45) is 3.70. The molecule has 0 spiro atoms. The minimum atomic E-state index is -0.121. The Morgan fingerprint density at radius 3 is 2.64 bits per heavy atom. The summed E-state index contributed by atoms with van der Waals surface area (Å²) in [5.41, 5.74) is 2.24. The van der Waals surface area contributed by atoms with E-state index < -0.39 is 0 Å². The molecule has 0 unspecified atom stereocenters. The molecule has 2 aromatic heterocycles. The first-order valence-corrected chi connectivity index (χ1v) is 8.69. The zero-order valence-electron chi connectivity index (χ0n) is 14.0. The molecule has 0 aliphatic heterocycles. The van der Waals surface area contributed by atoms with Gasteiger partial charge in [0.25, 0.3) is 5.91 Å². The average Bonchev–Trinajstić information content (AvgIpc) is 3.03. The third-order valence-corrected chi connectivity index (χ3v) is 4.53. The Morgan fingerprint density at radius 2 is 1.92 bits per heavy atom. The number of benzene rings is 1. The van der Waals surface area contributed by atoms with Crippen molar-refractivity contribution in [2.45, 2.75) is 5.16 Å². The van der Waals surface area contributed by atoms with Gasteiger partial charge in [-0.25, -0.2) is 4.98 Å². The lowest BCUT2D eigenvalue weighted by molar-refractivity contribution is -0.113. The summed E-state index contributed by atoms with van der Waals surface area (Å²) < 4.78 is 1.94. The van der Waals surface area contributed by atoms with E-state index in [1.165, 1.54) is 16.7 Å². The summed E-state index contributed by atoms with van der Waals surface area (Å²) in [6, 6.07) is 12.7. The van der Waals surface area contributed by atoms with Crippen LogP contribution in [0.15, 0.2) is 60.0 Å². The molecule has 1 N–H and O–H groups in total. The van der Waals surface area contributed by atoms with Crippen molar-refractivity contribution in [3.8, 4) is 0 Å². The number of rotatable bonds is 5. The highest BCUT2D eigenvalue weighted by Gasteiger charge is 2.10. The number of carbonyl (C=O) groups excluding carboxylic acids is 2. The summed E-state index contributed by atoms with van der Waals surface area (Å²) >= 11 is 1.37. The van der Waals surface area contributed by atoms with Gasteiger partial charge in [-0.15, -0.1) is 0 Å². The van der Waals surface area contributed by atoms with Crippen molar-refractivity contribution >= 4 is 34.8 Å². The van der Waals surface area contributed by atoms with Gasteiger partial charge in [0.15, 0.2) is 5.16 Å². The number of fused-ring (bicyclic) bond motifs is 1. The smallest absolute Gasteiger partial charge is 0.253 e. The number of anilines is 1. The van der Waals surface area contributed by atoms with Gasteiger partial charge in [-0.05, 0) is 36.4 Å². The summed E-state index contributed by atoms with van der Waals surface area (Å²) in [5.74, 6) is 0.0656. The number of thioether (sulfide) groups is 1. The molecule has 0 aliphatic rings.